The largest absolute Gasteiger partial charge is 0.507 e. The lowest BCUT2D eigenvalue weighted by molar-refractivity contribution is -0.113. The average Bonchev–Trinajstić information content (AvgIpc) is 2.51. The molecule has 0 spiro atoms. The molecule has 0 bridgehead atoms. The topological polar surface area (TPSA) is 49.3 Å². The van der Waals surface area contributed by atoms with Gasteiger partial charge < -0.3 is 10.4 Å². The molecule has 0 fully saturated rings. The van der Waals surface area contributed by atoms with E-state index in [0.29, 0.717) is 5.57 Å². The van der Waals surface area contributed by atoms with Gasteiger partial charge in [-0.1, -0.05) is 24.3 Å². The Labute approximate surface area is 108 Å². The monoisotopic (exact) mass is 245 g/mol. The number of fused-ring (bicyclic) bond motifs is 1. The summed E-state index contributed by atoms with van der Waals surface area (Å²) in [6.45, 7) is 7.63. The zero-order valence-electron chi connectivity index (χ0n) is 11.2. The summed E-state index contributed by atoms with van der Waals surface area (Å²) >= 11 is 0. The first-order chi connectivity index (χ1) is 8.31. The van der Waals surface area contributed by atoms with Crippen molar-refractivity contribution in [1.82, 2.24) is 5.32 Å². The van der Waals surface area contributed by atoms with Gasteiger partial charge in [-0.3, -0.25) is 4.79 Å². The predicted molar refractivity (Wildman–Crippen MR) is 72.3 cm³/mol. The molecule has 0 aromatic heterocycles. The van der Waals surface area contributed by atoms with Gasteiger partial charge in [0.15, 0.2) is 5.78 Å². The maximum absolute atomic E-state index is 11.8. The fourth-order valence-electron chi connectivity index (χ4n) is 2.35. The van der Waals surface area contributed by atoms with Crippen LogP contribution in [0.3, 0.4) is 0 Å². The molecule has 18 heavy (non-hydrogen) atoms. The second kappa shape index (κ2) is 4.25. The highest BCUT2D eigenvalue weighted by atomic mass is 16.3. The number of aliphatic hydroxyl groups excluding tert-OH is 1. The van der Waals surface area contributed by atoms with Crippen molar-refractivity contribution in [3.05, 3.63) is 41.0 Å². The molecule has 1 unspecified atom stereocenters. The Morgan fingerprint density at radius 3 is 2.44 bits per heavy atom. The van der Waals surface area contributed by atoms with Crippen LogP contribution >= 0.6 is 0 Å². The number of hydrogen-bond donors (Lipinski definition) is 2. The van der Waals surface area contributed by atoms with Gasteiger partial charge in [-0.15, -0.1) is 0 Å². The van der Waals surface area contributed by atoms with E-state index < -0.39 is 0 Å². The molecule has 96 valence electrons. The zero-order chi connectivity index (χ0) is 13.5. The van der Waals surface area contributed by atoms with E-state index >= 15 is 0 Å². The first-order valence-electron chi connectivity index (χ1n) is 6.12. The van der Waals surface area contributed by atoms with Crippen molar-refractivity contribution < 1.29 is 9.90 Å². The molecule has 0 radical (unpaired) electrons. The van der Waals surface area contributed by atoms with Crippen LogP contribution in [-0.4, -0.2) is 16.4 Å². The summed E-state index contributed by atoms with van der Waals surface area (Å²) in [5.41, 5.74) is 2.05. The average molecular weight is 245 g/mol. The first kappa shape index (κ1) is 12.8. The molecular weight excluding hydrogens is 226 g/mol. The molecule has 2 N–H and O–H groups in total. The van der Waals surface area contributed by atoms with Gasteiger partial charge in [-0.2, -0.15) is 0 Å². The van der Waals surface area contributed by atoms with Gasteiger partial charge in [0.2, 0.25) is 0 Å². The fourth-order valence-corrected chi connectivity index (χ4v) is 2.35. The van der Waals surface area contributed by atoms with Crippen LogP contribution < -0.4 is 5.32 Å². The Morgan fingerprint density at radius 1 is 1.28 bits per heavy atom. The summed E-state index contributed by atoms with van der Waals surface area (Å²) in [5, 5.41) is 13.6. The number of hydrogen-bond acceptors (Lipinski definition) is 3. The molecule has 1 aliphatic carbocycles. The Balaban J connectivity index is 2.52. The summed E-state index contributed by atoms with van der Waals surface area (Å²) < 4.78 is 0. The van der Waals surface area contributed by atoms with Crippen molar-refractivity contribution in [2.75, 3.05) is 0 Å². The molecule has 0 amide bonds. The Kier molecular flexibility index (Phi) is 3.03. The number of benzene rings is 1. The lowest BCUT2D eigenvalue weighted by atomic mass is 9.98. The van der Waals surface area contributed by atoms with Gasteiger partial charge in [0, 0.05) is 11.1 Å². The lowest BCUT2D eigenvalue weighted by Crippen LogP contribution is -2.39. The van der Waals surface area contributed by atoms with Crippen LogP contribution in [0.4, 0.5) is 0 Å². The Hall–Kier alpha value is -1.61. The second-order valence-electron chi connectivity index (χ2n) is 5.73. The molecule has 2 rings (SSSR count). The standard InChI is InChI=1S/C15H19NO2/c1-9(17)12-13(16-15(2,3)4)10-7-5-6-8-11(10)14(12)18/h5-8,13,16,18H,1-4H3. The van der Waals surface area contributed by atoms with E-state index in [1.165, 1.54) is 6.92 Å². The van der Waals surface area contributed by atoms with Crippen LogP contribution in [0, 0.1) is 0 Å². The molecule has 0 saturated heterocycles. The number of Topliss-reactive ketones (excluding diaryl/α,β-unsaturated/α-hetero) is 1. The van der Waals surface area contributed by atoms with Crippen molar-refractivity contribution in [1.29, 1.82) is 0 Å². The third kappa shape index (κ3) is 2.18. The maximum Gasteiger partial charge on any atom is 0.161 e. The van der Waals surface area contributed by atoms with Crippen LogP contribution in [-0.2, 0) is 4.79 Å². The summed E-state index contributed by atoms with van der Waals surface area (Å²) in [4.78, 5) is 11.8. The molecule has 1 aromatic rings. The predicted octanol–water partition coefficient (Wildman–Crippen LogP) is 2.99. The van der Waals surface area contributed by atoms with Crippen LogP contribution in [0.2, 0.25) is 0 Å². The molecule has 0 saturated carbocycles. The zero-order valence-corrected chi connectivity index (χ0v) is 11.2. The highest BCUT2D eigenvalue weighted by Gasteiger charge is 2.35. The SMILES string of the molecule is CC(=O)C1=C(O)c2ccccc2C1NC(C)(C)C. The van der Waals surface area contributed by atoms with E-state index in [9.17, 15) is 9.90 Å². The molecule has 1 aliphatic rings. The lowest BCUT2D eigenvalue weighted by Gasteiger charge is -2.27. The molecular formula is C15H19NO2. The van der Waals surface area contributed by atoms with E-state index in [1.807, 2.05) is 45.0 Å². The number of rotatable bonds is 2. The van der Waals surface area contributed by atoms with Gasteiger partial charge in [-0.25, -0.2) is 0 Å². The Bertz CT molecular complexity index is 524. The number of nitrogens with one attached hydrogen (secondary N) is 1. The number of carbonyl (C=O) groups is 1. The van der Waals surface area contributed by atoms with Crippen LogP contribution in [0.15, 0.2) is 29.8 Å². The van der Waals surface area contributed by atoms with E-state index in [1.54, 1.807) is 0 Å². The minimum Gasteiger partial charge on any atom is -0.507 e. The van der Waals surface area contributed by atoms with Gasteiger partial charge in [0.25, 0.3) is 0 Å². The van der Waals surface area contributed by atoms with Crippen molar-refractivity contribution in [3.63, 3.8) is 0 Å². The van der Waals surface area contributed by atoms with E-state index in [0.717, 1.165) is 11.1 Å². The highest BCUT2D eigenvalue weighted by molar-refractivity contribution is 6.03. The van der Waals surface area contributed by atoms with E-state index in [4.69, 9.17) is 0 Å². The summed E-state index contributed by atoms with van der Waals surface area (Å²) in [6, 6.07) is 7.36. The number of aliphatic hydroxyl groups is 1. The summed E-state index contributed by atoms with van der Waals surface area (Å²) in [7, 11) is 0. The molecule has 1 aromatic carbocycles. The smallest absolute Gasteiger partial charge is 0.161 e. The van der Waals surface area contributed by atoms with Crippen molar-refractivity contribution >= 4 is 11.5 Å². The third-order valence-corrected chi connectivity index (χ3v) is 3.03. The summed E-state index contributed by atoms with van der Waals surface area (Å²) in [5.74, 6) is 0.0188. The van der Waals surface area contributed by atoms with Crippen molar-refractivity contribution in [2.24, 2.45) is 0 Å². The first-order valence-corrected chi connectivity index (χ1v) is 6.12. The minimum absolute atomic E-state index is 0.0922. The molecule has 3 heteroatoms. The molecule has 0 heterocycles. The van der Waals surface area contributed by atoms with E-state index in [2.05, 4.69) is 5.32 Å². The minimum atomic E-state index is -0.223. The van der Waals surface area contributed by atoms with E-state index in [-0.39, 0.29) is 23.1 Å². The van der Waals surface area contributed by atoms with Crippen molar-refractivity contribution in [3.8, 4) is 0 Å². The maximum atomic E-state index is 11.8. The number of carbonyl (C=O) groups excluding carboxylic acids is 1. The normalized spacial score (nSPS) is 19.0. The second-order valence-corrected chi connectivity index (χ2v) is 5.73. The molecule has 3 nitrogen and oxygen atoms in total. The molecule has 1 atom stereocenters. The Morgan fingerprint density at radius 2 is 1.89 bits per heavy atom. The van der Waals surface area contributed by atoms with Crippen molar-refractivity contribution in [2.45, 2.75) is 39.3 Å². The third-order valence-electron chi connectivity index (χ3n) is 3.03. The number of ketones is 1. The fraction of sp³-hybridized carbons (Fsp3) is 0.400. The molecule has 0 aliphatic heterocycles. The van der Waals surface area contributed by atoms with Gasteiger partial charge in [0.1, 0.15) is 5.76 Å². The van der Waals surface area contributed by atoms with Crippen LogP contribution in [0.25, 0.3) is 5.76 Å². The van der Waals surface area contributed by atoms with Crippen LogP contribution in [0.5, 0.6) is 0 Å². The van der Waals surface area contributed by atoms with Gasteiger partial charge in [-0.05, 0) is 33.3 Å². The van der Waals surface area contributed by atoms with Gasteiger partial charge in [0.05, 0.1) is 11.6 Å². The van der Waals surface area contributed by atoms with Gasteiger partial charge >= 0.3 is 0 Å². The highest BCUT2D eigenvalue weighted by Crippen LogP contribution is 2.40. The van der Waals surface area contributed by atoms with Crippen LogP contribution in [0.1, 0.15) is 44.9 Å². The quantitative estimate of drug-likeness (QED) is 0.842. The summed E-state index contributed by atoms with van der Waals surface area (Å²) in [6.07, 6.45) is 0.